The number of hydrogen-bond donors (Lipinski definition) is 1. The van der Waals surface area contributed by atoms with Crippen molar-refractivity contribution in [2.24, 2.45) is 5.10 Å². The topological polar surface area (TPSA) is 91.2 Å². The first kappa shape index (κ1) is 11.1. The highest BCUT2D eigenvalue weighted by Crippen LogP contribution is 2.10. The van der Waals surface area contributed by atoms with Crippen LogP contribution in [0.1, 0.15) is 12.5 Å². The molecule has 0 atom stereocenters. The number of rotatable bonds is 4. The Hall–Kier alpha value is -2.44. The maximum Gasteiger partial charge on any atom is 0.263 e. The molecule has 0 amide bonds. The number of benzene rings is 1. The quantitative estimate of drug-likeness (QED) is 0.776. The van der Waals surface area contributed by atoms with Crippen LogP contribution in [0.2, 0.25) is 0 Å². The largest absolute Gasteiger partial charge is 0.494 e. The summed E-state index contributed by atoms with van der Waals surface area (Å²) in [5.41, 5.74) is 6.37. The fourth-order valence-corrected chi connectivity index (χ4v) is 1.21. The third-order valence-electron chi connectivity index (χ3n) is 1.98. The Balaban J connectivity index is 2.09. The lowest BCUT2D eigenvalue weighted by atomic mass is 10.2. The van der Waals surface area contributed by atoms with E-state index in [1.165, 1.54) is 0 Å². The van der Waals surface area contributed by atoms with Gasteiger partial charge < -0.3 is 10.5 Å². The minimum Gasteiger partial charge on any atom is -0.494 e. The molecule has 0 radical (unpaired) electrons. The van der Waals surface area contributed by atoms with E-state index in [1.54, 1.807) is 6.21 Å². The zero-order valence-electron chi connectivity index (χ0n) is 9.32. The number of anilines is 1. The first-order valence-corrected chi connectivity index (χ1v) is 5.10. The second-order valence-electron chi connectivity index (χ2n) is 3.17. The summed E-state index contributed by atoms with van der Waals surface area (Å²) in [6.45, 7) is 2.59. The summed E-state index contributed by atoms with van der Waals surface area (Å²) in [7, 11) is 0. The molecule has 1 aromatic heterocycles. The van der Waals surface area contributed by atoms with Crippen LogP contribution in [0, 0.1) is 0 Å². The Morgan fingerprint density at radius 3 is 2.76 bits per heavy atom. The van der Waals surface area contributed by atoms with Crippen molar-refractivity contribution in [2.45, 2.75) is 6.92 Å². The highest BCUT2D eigenvalue weighted by molar-refractivity contribution is 5.79. The van der Waals surface area contributed by atoms with E-state index in [9.17, 15) is 0 Å². The lowest BCUT2D eigenvalue weighted by Crippen LogP contribution is -1.99. The lowest BCUT2D eigenvalue weighted by molar-refractivity contribution is 0.340. The van der Waals surface area contributed by atoms with Crippen LogP contribution in [0.4, 0.5) is 5.95 Å². The Morgan fingerprint density at radius 2 is 2.18 bits per heavy atom. The van der Waals surface area contributed by atoms with E-state index in [0.717, 1.165) is 16.1 Å². The number of nitrogens with zero attached hydrogens (tertiary/aromatic N) is 5. The molecule has 88 valence electrons. The fourth-order valence-electron chi connectivity index (χ4n) is 1.21. The van der Waals surface area contributed by atoms with E-state index >= 15 is 0 Å². The summed E-state index contributed by atoms with van der Waals surface area (Å²) in [6.07, 6.45) is 1.61. The number of nitrogen functional groups attached to an aromatic ring is 1. The molecule has 0 unspecified atom stereocenters. The number of ether oxygens (including phenoxy) is 1. The van der Waals surface area contributed by atoms with Gasteiger partial charge in [-0.1, -0.05) is 9.89 Å². The summed E-state index contributed by atoms with van der Waals surface area (Å²) in [4.78, 5) is 1.15. The van der Waals surface area contributed by atoms with Gasteiger partial charge in [-0.2, -0.15) is 5.10 Å². The fraction of sp³-hybridized carbons (Fsp3) is 0.200. The van der Waals surface area contributed by atoms with Crippen LogP contribution in [0.15, 0.2) is 29.4 Å². The first-order valence-electron chi connectivity index (χ1n) is 5.10. The highest BCUT2D eigenvalue weighted by Gasteiger charge is 1.97. The van der Waals surface area contributed by atoms with Crippen molar-refractivity contribution in [3.05, 3.63) is 29.8 Å². The van der Waals surface area contributed by atoms with E-state index in [1.807, 2.05) is 31.2 Å². The van der Waals surface area contributed by atoms with Gasteiger partial charge in [0.25, 0.3) is 5.95 Å². The standard InChI is InChI=1S/C10H12N6O/c1-2-17-9-5-3-8(4-6-9)7-12-16-10(11)13-14-15-16/h3-7H,2H2,1H3,(H2,11,13,15)/b12-7+. The van der Waals surface area contributed by atoms with Gasteiger partial charge in [0.2, 0.25) is 0 Å². The average molecular weight is 232 g/mol. The molecule has 0 aliphatic heterocycles. The molecule has 2 aromatic rings. The van der Waals surface area contributed by atoms with Gasteiger partial charge in [0.05, 0.1) is 12.8 Å². The SMILES string of the molecule is CCOc1ccc(/C=N/n2nnnc2N)cc1. The molecule has 7 nitrogen and oxygen atoms in total. The van der Waals surface area contributed by atoms with Crippen LogP contribution in [-0.2, 0) is 0 Å². The number of hydrogen-bond acceptors (Lipinski definition) is 6. The van der Waals surface area contributed by atoms with Gasteiger partial charge >= 0.3 is 0 Å². The first-order chi connectivity index (χ1) is 8.29. The van der Waals surface area contributed by atoms with Crippen LogP contribution in [0.3, 0.4) is 0 Å². The molecule has 0 saturated carbocycles. The highest BCUT2D eigenvalue weighted by atomic mass is 16.5. The Labute approximate surface area is 97.9 Å². The summed E-state index contributed by atoms with van der Waals surface area (Å²) in [5, 5.41) is 14.5. The summed E-state index contributed by atoms with van der Waals surface area (Å²) in [6, 6.07) is 7.51. The van der Waals surface area contributed by atoms with Gasteiger partial charge in [-0.05, 0) is 47.2 Å². The van der Waals surface area contributed by atoms with Crippen molar-refractivity contribution < 1.29 is 4.74 Å². The monoisotopic (exact) mass is 232 g/mol. The Morgan fingerprint density at radius 1 is 1.41 bits per heavy atom. The third kappa shape index (κ3) is 2.77. The van der Waals surface area contributed by atoms with Crippen molar-refractivity contribution in [1.29, 1.82) is 0 Å². The molecule has 1 heterocycles. The molecule has 0 aliphatic carbocycles. The second kappa shape index (κ2) is 5.06. The average Bonchev–Trinajstić information content (AvgIpc) is 2.75. The van der Waals surface area contributed by atoms with Gasteiger partial charge in [0.15, 0.2) is 0 Å². The van der Waals surface area contributed by atoms with Crippen LogP contribution in [-0.4, -0.2) is 33.1 Å². The molecule has 1 aromatic carbocycles. The molecule has 0 saturated heterocycles. The molecular formula is C10H12N6O. The molecule has 0 fully saturated rings. The van der Waals surface area contributed by atoms with Gasteiger partial charge in [0, 0.05) is 0 Å². The van der Waals surface area contributed by atoms with E-state index in [2.05, 4.69) is 20.6 Å². The van der Waals surface area contributed by atoms with E-state index in [-0.39, 0.29) is 5.95 Å². The molecular weight excluding hydrogens is 220 g/mol. The van der Waals surface area contributed by atoms with E-state index in [4.69, 9.17) is 10.5 Å². The van der Waals surface area contributed by atoms with Gasteiger partial charge in [-0.15, -0.1) is 0 Å². The number of aromatic nitrogens is 4. The van der Waals surface area contributed by atoms with Crippen molar-refractivity contribution in [3.63, 3.8) is 0 Å². The molecule has 0 aliphatic rings. The smallest absolute Gasteiger partial charge is 0.263 e. The Kier molecular flexibility index (Phi) is 3.29. The maximum atomic E-state index is 5.46. The molecule has 17 heavy (non-hydrogen) atoms. The summed E-state index contributed by atoms with van der Waals surface area (Å²) < 4.78 is 5.33. The van der Waals surface area contributed by atoms with Crippen molar-refractivity contribution >= 4 is 12.2 Å². The zero-order chi connectivity index (χ0) is 12.1. The van der Waals surface area contributed by atoms with Crippen LogP contribution in [0.5, 0.6) is 5.75 Å². The maximum absolute atomic E-state index is 5.46. The van der Waals surface area contributed by atoms with Gasteiger partial charge in [-0.25, -0.2) is 0 Å². The molecule has 2 rings (SSSR count). The van der Waals surface area contributed by atoms with Crippen LogP contribution >= 0.6 is 0 Å². The zero-order valence-corrected chi connectivity index (χ0v) is 9.32. The van der Waals surface area contributed by atoms with Crippen LogP contribution in [0.25, 0.3) is 0 Å². The van der Waals surface area contributed by atoms with Crippen molar-refractivity contribution in [1.82, 2.24) is 20.3 Å². The second-order valence-corrected chi connectivity index (χ2v) is 3.17. The van der Waals surface area contributed by atoms with Gasteiger partial charge in [-0.3, -0.25) is 0 Å². The minimum absolute atomic E-state index is 0.146. The van der Waals surface area contributed by atoms with Gasteiger partial charge in [0.1, 0.15) is 5.75 Å². The summed E-state index contributed by atoms with van der Waals surface area (Å²) in [5.74, 6) is 0.971. The van der Waals surface area contributed by atoms with E-state index in [0.29, 0.717) is 6.61 Å². The lowest BCUT2D eigenvalue weighted by Gasteiger charge is -2.01. The summed E-state index contributed by atoms with van der Waals surface area (Å²) >= 11 is 0. The van der Waals surface area contributed by atoms with Crippen LogP contribution < -0.4 is 10.5 Å². The number of nitrogens with two attached hydrogens (primary N) is 1. The minimum atomic E-state index is 0.146. The molecule has 2 N–H and O–H groups in total. The third-order valence-corrected chi connectivity index (χ3v) is 1.98. The predicted molar refractivity (Wildman–Crippen MR) is 62.8 cm³/mol. The van der Waals surface area contributed by atoms with E-state index < -0.39 is 0 Å². The molecule has 7 heteroatoms. The number of tetrazole rings is 1. The molecule has 0 bridgehead atoms. The van der Waals surface area contributed by atoms with Crippen molar-refractivity contribution in [2.75, 3.05) is 12.3 Å². The van der Waals surface area contributed by atoms with Crippen molar-refractivity contribution in [3.8, 4) is 5.75 Å². The molecule has 0 spiro atoms. The normalized spacial score (nSPS) is 10.9. The Bertz CT molecular complexity index is 504. The predicted octanol–water partition coefficient (Wildman–Crippen LogP) is 0.536.